The highest BCUT2D eigenvalue weighted by molar-refractivity contribution is 4.92. The molecule has 0 aliphatic heterocycles. The summed E-state index contributed by atoms with van der Waals surface area (Å²) in [5.41, 5.74) is 0. The summed E-state index contributed by atoms with van der Waals surface area (Å²) in [6.07, 6.45) is 5.29. The predicted octanol–water partition coefficient (Wildman–Crippen LogP) is 3.31. The van der Waals surface area contributed by atoms with Crippen molar-refractivity contribution in [1.29, 1.82) is 0 Å². The molecule has 0 saturated carbocycles. The van der Waals surface area contributed by atoms with Crippen LogP contribution >= 0.6 is 0 Å². The lowest BCUT2D eigenvalue weighted by atomic mass is 9.99. The molecule has 3 nitrogen and oxygen atoms in total. The number of imidazole rings is 1. The average molecular weight is 251 g/mol. The lowest BCUT2D eigenvalue weighted by Gasteiger charge is -2.16. The van der Waals surface area contributed by atoms with E-state index in [4.69, 9.17) is 0 Å². The Morgan fingerprint density at radius 3 is 2.50 bits per heavy atom. The van der Waals surface area contributed by atoms with Gasteiger partial charge in [0.2, 0.25) is 0 Å². The molecular weight excluding hydrogens is 222 g/mol. The Hall–Kier alpha value is -0.830. The quantitative estimate of drug-likeness (QED) is 0.768. The molecule has 0 bridgehead atoms. The second kappa shape index (κ2) is 7.57. The Balaban J connectivity index is 2.44. The zero-order valence-electron chi connectivity index (χ0n) is 12.6. The third-order valence-electron chi connectivity index (χ3n) is 3.02. The van der Waals surface area contributed by atoms with Gasteiger partial charge in [-0.25, -0.2) is 4.98 Å². The number of hydrogen-bond donors (Lipinski definition) is 1. The van der Waals surface area contributed by atoms with Gasteiger partial charge in [-0.15, -0.1) is 0 Å². The number of aromatic nitrogens is 2. The van der Waals surface area contributed by atoms with Crippen molar-refractivity contribution in [3.63, 3.8) is 0 Å². The largest absolute Gasteiger partial charge is 0.334 e. The number of nitrogens with zero attached hydrogens (tertiary/aromatic N) is 2. The van der Waals surface area contributed by atoms with Crippen LogP contribution in [0, 0.1) is 17.8 Å². The van der Waals surface area contributed by atoms with Crippen LogP contribution in [0.1, 0.15) is 46.9 Å². The van der Waals surface area contributed by atoms with Gasteiger partial charge in [-0.3, -0.25) is 0 Å². The van der Waals surface area contributed by atoms with Crippen LogP contribution in [0.5, 0.6) is 0 Å². The first-order chi connectivity index (χ1) is 8.49. The monoisotopic (exact) mass is 251 g/mol. The second-order valence-corrected chi connectivity index (χ2v) is 6.26. The van der Waals surface area contributed by atoms with Crippen LogP contribution < -0.4 is 5.32 Å². The lowest BCUT2D eigenvalue weighted by Crippen LogP contribution is -2.22. The summed E-state index contributed by atoms with van der Waals surface area (Å²) in [4.78, 5) is 4.45. The van der Waals surface area contributed by atoms with E-state index in [1.54, 1.807) is 0 Å². The summed E-state index contributed by atoms with van der Waals surface area (Å²) in [5.74, 6) is 3.33. The van der Waals surface area contributed by atoms with Gasteiger partial charge in [-0.2, -0.15) is 0 Å². The van der Waals surface area contributed by atoms with Gasteiger partial charge in [-0.1, -0.05) is 34.6 Å². The van der Waals surface area contributed by atoms with E-state index in [9.17, 15) is 0 Å². The van der Waals surface area contributed by atoms with Gasteiger partial charge in [-0.05, 0) is 30.7 Å². The van der Waals surface area contributed by atoms with E-state index < -0.39 is 0 Å². The normalized spacial score (nSPS) is 13.5. The van der Waals surface area contributed by atoms with Gasteiger partial charge in [0.15, 0.2) is 0 Å². The zero-order valence-corrected chi connectivity index (χ0v) is 12.6. The summed E-state index contributed by atoms with van der Waals surface area (Å²) in [6, 6.07) is 0. The van der Waals surface area contributed by atoms with Gasteiger partial charge in [0.25, 0.3) is 0 Å². The molecule has 104 valence electrons. The Bertz CT molecular complexity index is 328. The molecule has 3 heteroatoms. The van der Waals surface area contributed by atoms with Crippen LogP contribution in [0.2, 0.25) is 0 Å². The van der Waals surface area contributed by atoms with E-state index in [1.807, 2.05) is 6.20 Å². The number of rotatable bonds is 8. The minimum absolute atomic E-state index is 0.688. The van der Waals surface area contributed by atoms with Gasteiger partial charge in [0.05, 0.1) is 6.54 Å². The Morgan fingerprint density at radius 1 is 1.17 bits per heavy atom. The Labute approximate surface area is 112 Å². The van der Waals surface area contributed by atoms with E-state index in [-0.39, 0.29) is 0 Å². The van der Waals surface area contributed by atoms with Gasteiger partial charge < -0.3 is 9.88 Å². The molecule has 1 rings (SSSR count). The van der Waals surface area contributed by atoms with Gasteiger partial charge >= 0.3 is 0 Å². The van der Waals surface area contributed by atoms with E-state index in [1.165, 1.54) is 6.42 Å². The van der Waals surface area contributed by atoms with Crippen molar-refractivity contribution in [2.45, 2.75) is 54.1 Å². The average Bonchev–Trinajstić information content (AvgIpc) is 2.63. The van der Waals surface area contributed by atoms with Crippen molar-refractivity contribution in [3.05, 3.63) is 18.2 Å². The summed E-state index contributed by atoms with van der Waals surface area (Å²) < 4.78 is 2.29. The number of nitrogens with one attached hydrogen (secondary N) is 1. The molecule has 0 radical (unpaired) electrons. The molecule has 1 N–H and O–H groups in total. The third-order valence-corrected chi connectivity index (χ3v) is 3.02. The first-order valence-electron chi connectivity index (χ1n) is 7.19. The standard InChI is InChI=1S/C15H29N3/c1-12(2)8-14(5)11-18-7-6-17-15(18)10-16-9-13(3)4/h6-7,12-14,16H,8-11H2,1-5H3. The molecule has 0 amide bonds. The third kappa shape index (κ3) is 5.67. The van der Waals surface area contributed by atoms with Gasteiger partial charge in [0.1, 0.15) is 5.82 Å². The second-order valence-electron chi connectivity index (χ2n) is 6.26. The minimum atomic E-state index is 0.688. The fourth-order valence-corrected chi connectivity index (χ4v) is 2.36. The van der Waals surface area contributed by atoms with Crippen LogP contribution in [0.25, 0.3) is 0 Å². The number of hydrogen-bond acceptors (Lipinski definition) is 2. The van der Waals surface area contributed by atoms with Gasteiger partial charge in [0, 0.05) is 18.9 Å². The molecule has 0 spiro atoms. The van der Waals surface area contributed by atoms with Crippen molar-refractivity contribution >= 4 is 0 Å². The first kappa shape index (κ1) is 15.2. The molecule has 18 heavy (non-hydrogen) atoms. The summed E-state index contributed by atoms with van der Waals surface area (Å²) >= 11 is 0. The van der Waals surface area contributed by atoms with Crippen LogP contribution in [0.3, 0.4) is 0 Å². The molecule has 0 saturated heterocycles. The fourth-order valence-electron chi connectivity index (χ4n) is 2.36. The molecular formula is C15H29N3. The summed E-state index contributed by atoms with van der Waals surface area (Å²) in [7, 11) is 0. The zero-order chi connectivity index (χ0) is 13.5. The molecule has 1 heterocycles. The van der Waals surface area contributed by atoms with Crippen molar-refractivity contribution < 1.29 is 0 Å². The SMILES string of the molecule is CC(C)CNCc1nccn1CC(C)CC(C)C. The smallest absolute Gasteiger partial charge is 0.122 e. The molecule has 1 aromatic heterocycles. The lowest BCUT2D eigenvalue weighted by molar-refractivity contribution is 0.381. The highest BCUT2D eigenvalue weighted by atomic mass is 15.1. The maximum absolute atomic E-state index is 4.45. The van der Waals surface area contributed by atoms with Crippen LogP contribution in [0.4, 0.5) is 0 Å². The Morgan fingerprint density at radius 2 is 1.89 bits per heavy atom. The maximum atomic E-state index is 4.45. The molecule has 1 atom stereocenters. The van der Waals surface area contributed by atoms with Crippen molar-refractivity contribution in [2.75, 3.05) is 6.54 Å². The summed E-state index contributed by atoms with van der Waals surface area (Å²) in [6.45, 7) is 14.4. The summed E-state index contributed by atoms with van der Waals surface area (Å²) in [5, 5.41) is 3.46. The minimum Gasteiger partial charge on any atom is -0.334 e. The van der Waals surface area contributed by atoms with Crippen molar-refractivity contribution in [1.82, 2.24) is 14.9 Å². The van der Waals surface area contributed by atoms with E-state index >= 15 is 0 Å². The molecule has 0 aromatic carbocycles. The molecule has 1 aromatic rings. The first-order valence-corrected chi connectivity index (χ1v) is 7.19. The van der Waals surface area contributed by atoms with Crippen molar-refractivity contribution in [2.24, 2.45) is 17.8 Å². The molecule has 1 unspecified atom stereocenters. The predicted molar refractivity (Wildman–Crippen MR) is 77.4 cm³/mol. The molecule has 0 aliphatic carbocycles. The Kier molecular flexibility index (Phi) is 6.41. The molecule has 0 aliphatic rings. The molecule has 0 fully saturated rings. The van der Waals surface area contributed by atoms with Crippen LogP contribution in [-0.4, -0.2) is 16.1 Å². The van der Waals surface area contributed by atoms with E-state index in [0.29, 0.717) is 11.8 Å². The highest BCUT2D eigenvalue weighted by Gasteiger charge is 2.09. The van der Waals surface area contributed by atoms with Crippen LogP contribution in [0.15, 0.2) is 12.4 Å². The van der Waals surface area contributed by atoms with Crippen LogP contribution in [-0.2, 0) is 13.1 Å². The fraction of sp³-hybridized carbons (Fsp3) is 0.800. The topological polar surface area (TPSA) is 29.9 Å². The van der Waals surface area contributed by atoms with E-state index in [0.717, 1.165) is 31.4 Å². The highest BCUT2D eigenvalue weighted by Crippen LogP contribution is 2.14. The maximum Gasteiger partial charge on any atom is 0.122 e. The van der Waals surface area contributed by atoms with E-state index in [2.05, 4.69) is 55.7 Å². The van der Waals surface area contributed by atoms with Crippen molar-refractivity contribution in [3.8, 4) is 0 Å².